The summed E-state index contributed by atoms with van der Waals surface area (Å²) in [6.45, 7) is 19.4. The number of aryl methyl sites for hydroxylation is 1. The number of anilines is 2. The molecule has 2 amide bonds. The molecule has 2 aliphatic carbocycles. The van der Waals surface area contributed by atoms with Crippen LogP contribution < -0.4 is 38.2 Å². The molecule has 12 aromatic rings. The second-order valence-electron chi connectivity index (χ2n) is 34.8. The summed E-state index contributed by atoms with van der Waals surface area (Å²) in [6.07, 6.45) is 16.7. The Kier molecular flexibility index (Phi) is 24.6. The smallest absolute Gasteiger partial charge is 0.277 e. The zero-order valence-corrected chi connectivity index (χ0v) is 73.8. The number of amides is 2. The molecular weight excluding hydrogens is 1700 g/mol. The first kappa shape index (κ1) is 86.5. The van der Waals surface area contributed by atoms with Crippen LogP contribution >= 0.6 is 23.2 Å². The summed E-state index contributed by atoms with van der Waals surface area (Å²) in [5, 5.41) is 27.7. The molecule has 654 valence electrons. The van der Waals surface area contributed by atoms with E-state index in [1.807, 2.05) is 67.6 Å². The minimum Gasteiger partial charge on any atom is -0.492 e. The number of fused-ring (bicyclic) bond motifs is 4. The van der Waals surface area contributed by atoms with Crippen LogP contribution in [0.3, 0.4) is 0 Å². The van der Waals surface area contributed by atoms with Gasteiger partial charge in [-0.2, -0.15) is 0 Å². The molecule has 127 heavy (non-hydrogen) atoms. The fraction of sp³-hybridized carbons (Fsp3) is 0.305. The van der Waals surface area contributed by atoms with Gasteiger partial charge >= 0.3 is 0 Å². The molecule has 18 rings (SSSR count). The van der Waals surface area contributed by atoms with Crippen LogP contribution in [0.1, 0.15) is 138 Å². The Labute approximate surface area is 744 Å². The lowest BCUT2D eigenvalue weighted by Crippen LogP contribution is -2.47. The number of ether oxygens (including phenoxy) is 4. The second-order valence-corrected chi connectivity index (χ2v) is 39.0. The molecule has 10 heterocycles. The molecule has 32 heteroatoms. The van der Waals surface area contributed by atoms with Gasteiger partial charge in [0.1, 0.15) is 45.8 Å². The Balaban J connectivity index is 0.000000179. The van der Waals surface area contributed by atoms with E-state index in [0.29, 0.717) is 60.4 Å². The maximum absolute atomic E-state index is 14.1. The Morgan fingerprint density at radius 1 is 0.528 bits per heavy atom. The first-order valence-electron chi connectivity index (χ1n) is 42.2. The number of nitro benzene ring substituents is 2. The number of aromatic nitrogens is 6. The second kappa shape index (κ2) is 36.0. The summed E-state index contributed by atoms with van der Waals surface area (Å²) in [4.78, 5) is 83.7. The van der Waals surface area contributed by atoms with Gasteiger partial charge in [0.05, 0.1) is 67.5 Å². The average molecular weight is 1790 g/mol. The van der Waals surface area contributed by atoms with Crippen molar-refractivity contribution < 1.29 is 55.2 Å². The van der Waals surface area contributed by atoms with E-state index in [0.717, 1.165) is 128 Å². The first-order chi connectivity index (χ1) is 61.0. The molecular formula is C95H94Cl2N14O14S2. The minimum absolute atomic E-state index is 0.0563. The Bertz CT molecular complexity index is 6550. The summed E-state index contributed by atoms with van der Waals surface area (Å²) in [7, 11) is -9.30. The van der Waals surface area contributed by atoms with E-state index in [2.05, 4.69) is 111 Å². The zero-order valence-electron chi connectivity index (χ0n) is 70.6. The maximum atomic E-state index is 14.1. The molecule has 4 aliphatic heterocycles. The van der Waals surface area contributed by atoms with E-state index in [4.69, 9.17) is 42.1 Å². The predicted octanol–water partition coefficient (Wildman–Crippen LogP) is 18.2. The van der Waals surface area contributed by atoms with Crippen molar-refractivity contribution >= 4 is 111 Å². The molecule has 0 unspecified atom stereocenters. The quantitative estimate of drug-likeness (QED) is 0.0362. The maximum Gasteiger partial charge on any atom is 0.277 e. The topological polar surface area (TPSA) is 346 Å². The van der Waals surface area contributed by atoms with Gasteiger partial charge in [0, 0.05) is 182 Å². The largest absolute Gasteiger partial charge is 0.492 e. The van der Waals surface area contributed by atoms with Crippen LogP contribution in [-0.2, 0) is 32.9 Å². The number of sulfonamides is 2. The number of nitro groups is 2. The van der Waals surface area contributed by atoms with Crippen LogP contribution in [0.15, 0.2) is 222 Å². The number of hydrogen-bond donors (Lipinski definition) is 4. The first-order valence-corrected chi connectivity index (χ1v) is 45.9. The van der Waals surface area contributed by atoms with Gasteiger partial charge in [0.25, 0.3) is 43.2 Å². The van der Waals surface area contributed by atoms with Crippen LogP contribution in [0.4, 0.5) is 22.7 Å². The van der Waals surface area contributed by atoms with Crippen molar-refractivity contribution in [2.45, 2.75) is 108 Å². The van der Waals surface area contributed by atoms with Crippen LogP contribution in [0.2, 0.25) is 10.0 Å². The van der Waals surface area contributed by atoms with Crippen LogP contribution in [-0.4, -0.2) is 157 Å². The Morgan fingerprint density at radius 3 is 1.38 bits per heavy atom. The van der Waals surface area contributed by atoms with Crippen molar-refractivity contribution in [1.82, 2.24) is 49.1 Å². The number of nitrogens with zero attached hydrogens (tertiary/aromatic N) is 10. The average Bonchev–Trinajstić information content (AvgIpc) is 1.31. The van der Waals surface area contributed by atoms with Gasteiger partial charge in [-0.05, 0) is 188 Å². The zero-order chi connectivity index (χ0) is 88.6. The highest BCUT2D eigenvalue weighted by Crippen LogP contribution is 2.48. The molecule has 4 N–H and O–H groups in total. The van der Waals surface area contributed by atoms with Gasteiger partial charge < -0.3 is 38.7 Å². The van der Waals surface area contributed by atoms with Crippen LogP contribution in [0, 0.1) is 38.0 Å². The summed E-state index contributed by atoms with van der Waals surface area (Å²) >= 11 is 12.5. The molecule has 6 aromatic carbocycles. The lowest BCUT2D eigenvalue weighted by Gasteiger charge is -2.39. The fourth-order valence-corrected chi connectivity index (χ4v) is 19.9. The summed E-state index contributed by atoms with van der Waals surface area (Å²) in [5.74, 6) is -1.46. The summed E-state index contributed by atoms with van der Waals surface area (Å²) < 4.78 is 84.4. The van der Waals surface area contributed by atoms with Crippen molar-refractivity contribution in [1.29, 1.82) is 0 Å². The van der Waals surface area contributed by atoms with E-state index in [1.54, 1.807) is 67.3 Å². The molecule has 2 fully saturated rings. The molecule has 0 spiro atoms. The Hall–Kier alpha value is -12.6. The lowest BCUT2D eigenvalue weighted by molar-refractivity contribution is -0.386. The van der Waals surface area contributed by atoms with Gasteiger partial charge in [-0.15, -0.1) is 0 Å². The van der Waals surface area contributed by atoms with Crippen molar-refractivity contribution in [3.63, 3.8) is 0 Å². The number of aromatic amines is 2. The number of halogens is 2. The summed E-state index contributed by atoms with van der Waals surface area (Å²) in [5.41, 5.74) is 13.5. The van der Waals surface area contributed by atoms with Gasteiger partial charge in [-0.3, -0.25) is 49.6 Å². The number of carbonyl (C=O) groups is 2. The number of nitrogens with one attached hydrogen (secondary N) is 4. The third kappa shape index (κ3) is 19.7. The van der Waals surface area contributed by atoms with E-state index < -0.39 is 62.9 Å². The molecule has 28 nitrogen and oxygen atoms in total. The monoisotopic (exact) mass is 1790 g/mol. The highest BCUT2D eigenvalue weighted by Gasteiger charge is 2.38. The highest BCUT2D eigenvalue weighted by molar-refractivity contribution is 7.90. The fourth-order valence-electron chi connectivity index (χ4n) is 17.7. The SMILES string of the molecule is CC1(C)CCC(CN2CCN(c3ccc(C(=O)NS(=O)(=O)c4cc5c(c([N+](=O)[O-])c4)C[C@H](c4ccccn4)CO5)c(Oc4cnc5[nH]ccc5c4)c3)CC2)=C(c2ccc(Cl)cc2)C1.Cc1ccc([C@@H]2COc3cc(S(=O)(=O)NC(=O)c4ccc(N5CCN(CC6=C(c7ccc(Cl)cc7)CC(C)(C)CC6)CC5)cc4Oc4cnc5[nH]ccc5c4)cc([N+](=O)[O-])c3C2)nc1. The normalized spacial score (nSPS) is 17.8. The van der Waals surface area contributed by atoms with Crippen molar-refractivity contribution in [2.75, 3.05) is 88.5 Å². The van der Waals surface area contributed by atoms with Gasteiger partial charge in [-0.25, -0.2) is 36.2 Å². The Morgan fingerprint density at radius 2 is 0.969 bits per heavy atom. The molecule has 2 saturated heterocycles. The number of allylic oxidation sites excluding steroid dienone is 2. The number of piperazine rings is 2. The molecule has 6 aromatic heterocycles. The minimum atomic E-state index is -4.65. The predicted molar refractivity (Wildman–Crippen MR) is 487 cm³/mol. The molecule has 0 saturated carbocycles. The van der Waals surface area contributed by atoms with E-state index >= 15 is 0 Å². The van der Waals surface area contributed by atoms with Gasteiger partial charge in [0.15, 0.2) is 0 Å². The van der Waals surface area contributed by atoms with E-state index in [9.17, 15) is 46.7 Å². The number of rotatable bonds is 22. The number of pyridine rings is 4. The van der Waals surface area contributed by atoms with Gasteiger partial charge in [0.2, 0.25) is 0 Å². The van der Waals surface area contributed by atoms with Crippen molar-refractivity contribution in [2.24, 2.45) is 10.8 Å². The molecule has 0 bridgehead atoms. The standard InChI is InChI=1S/C48H48ClN7O7S.C47H46ClN7O7S/c1-30-4-11-42(51-26-30)34-21-40-43(56(58)59)23-38(24-44(40)62-29-34)64(60,61)53-47(57)39-10-9-36(22-45(39)63-37-20-32-13-15-50-46(32)52-27-37)55-18-16-54(17-19-55)28-33-12-14-48(2,3)25-41(33)31-5-7-35(49)8-6-31;1-47(2)14-12-32(40(26-47)30-6-8-34(48)9-7-30)28-53-17-19-54(20-18-53)35-10-11-38(44(23-35)62-36-21-31-13-16-50-45(31)51-27-36)46(56)52-63(59,60)37-24-42(55(57)58)39-22-33(29-61-43(39)25-37)41-5-3-4-15-49-41/h4-11,13,15,20,22-24,26-27,34H,12,14,16-19,21,25,28-29H2,1-3H3,(H,50,52)(H,53,57);3-11,13,15-16,21,23-25,27,33H,12,14,17-20,22,26,28-29H2,1-2H3,(H,50,51)(H,52,56)/t34-;33-/m00/s1. The molecule has 0 radical (unpaired) electrons. The molecule has 2 atom stereocenters. The van der Waals surface area contributed by atoms with Crippen molar-refractivity contribution in [3.8, 4) is 34.5 Å². The number of carbonyl (C=O) groups excluding carboxylic acids is 2. The third-order valence-electron chi connectivity index (χ3n) is 24.7. The number of benzene rings is 6. The number of hydrogen-bond acceptors (Lipinski definition) is 22. The van der Waals surface area contributed by atoms with E-state index in [1.165, 1.54) is 70.1 Å². The molecule has 6 aliphatic rings. The lowest BCUT2D eigenvalue weighted by atomic mass is 9.72. The summed E-state index contributed by atoms with van der Waals surface area (Å²) in [6, 6.07) is 47.2. The number of H-pyrrole nitrogens is 2. The van der Waals surface area contributed by atoms with Crippen LogP contribution in [0.25, 0.3) is 33.2 Å². The highest BCUT2D eigenvalue weighted by atomic mass is 35.5. The van der Waals surface area contributed by atoms with Crippen molar-refractivity contribution in [3.05, 3.63) is 293 Å². The third-order valence-corrected chi connectivity index (χ3v) is 27.8. The van der Waals surface area contributed by atoms with Crippen LogP contribution in [0.5, 0.6) is 34.5 Å². The van der Waals surface area contributed by atoms with Gasteiger partial charge in [-0.1, -0.05) is 98.4 Å². The van der Waals surface area contributed by atoms with E-state index in [-0.39, 0.29) is 94.0 Å².